The number of likely N-dealkylation sites (N-methyl/N-ethyl adjacent to an activating group) is 1. The molecular weight excluding hydrogens is 224 g/mol. The molecule has 7 heteroatoms. The van der Waals surface area contributed by atoms with E-state index in [4.69, 9.17) is 0 Å². The summed E-state index contributed by atoms with van der Waals surface area (Å²) in [6.45, 7) is 2.47. The zero-order valence-electron chi connectivity index (χ0n) is 9.71. The van der Waals surface area contributed by atoms with Crippen LogP contribution in [0, 0.1) is 10.1 Å². The van der Waals surface area contributed by atoms with Gasteiger partial charge in [0.15, 0.2) is 0 Å². The summed E-state index contributed by atoms with van der Waals surface area (Å²) in [4.78, 5) is 26.9. The summed E-state index contributed by atoms with van der Waals surface area (Å²) in [5.74, 6) is -0.126. The summed E-state index contributed by atoms with van der Waals surface area (Å²) < 4.78 is 0. The third kappa shape index (κ3) is 3.40. The second-order valence-corrected chi connectivity index (χ2v) is 3.41. The lowest BCUT2D eigenvalue weighted by molar-refractivity contribution is -0.384. The highest BCUT2D eigenvalue weighted by molar-refractivity contribution is 5.81. The summed E-state index contributed by atoms with van der Waals surface area (Å²) in [5.41, 5.74) is 0.155. The number of aromatic nitrogens is 1. The molecule has 0 aliphatic heterocycles. The Morgan fingerprint density at radius 1 is 1.65 bits per heavy atom. The highest BCUT2D eigenvalue weighted by atomic mass is 16.6. The quantitative estimate of drug-likeness (QED) is 0.607. The minimum Gasteiger partial charge on any atom is -0.370 e. The molecule has 0 saturated carbocycles. The Kier molecular flexibility index (Phi) is 4.38. The Balaban J connectivity index is 2.69. The van der Waals surface area contributed by atoms with E-state index in [0.29, 0.717) is 12.2 Å². The molecule has 7 nitrogen and oxygen atoms in total. The fourth-order valence-electron chi connectivity index (χ4n) is 1.16. The number of nitrogens with one attached hydrogen (secondary N) is 1. The van der Waals surface area contributed by atoms with E-state index < -0.39 is 4.92 Å². The van der Waals surface area contributed by atoms with Gasteiger partial charge in [-0.3, -0.25) is 19.9 Å². The molecular formula is C10H14N4O3. The van der Waals surface area contributed by atoms with Gasteiger partial charge in [-0.1, -0.05) is 0 Å². The normalized spacial score (nSPS) is 9.76. The SMILES string of the molecule is CCN(C)C(=O)CNc1ccncc1[N+](=O)[O-]. The maximum atomic E-state index is 11.5. The van der Waals surface area contributed by atoms with E-state index in [-0.39, 0.29) is 18.1 Å². The number of hydrogen-bond donors (Lipinski definition) is 1. The second kappa shape index (κ2) is 5.78. The molecule has 0 aliphatic rings. The van der Waals surface area contributed by atoms with Gasteiger partial charge in [0.2, 0.25) is 5.91 Å². The van der Waals surface area contributed by atoms with E-state index >= 15 is 0 Å². The van der Waals surface area contributed by atoms with Gasteiger partial charge in [0.1, 0.15) is 11.9 Å². The largest absolute Gasteiger partial charge is 0.370 e. The number of anilines is 1. The van der Waals surface area contributed by atoms with Crippen LogP contribution in [-0.2, 0) is 4.79 Å². The lowest BCUT2D eigenvalue weighted by Crippen LogP contribution is -2.31. The number of nitrogens with zero attached hydrogens (tertiary/aromatic N) is 3. The number of nitro groups is 1. The third-order valence-electron chi connectivity index (χ3n) is 2.33. The summed E-state index contributed by atoms with van der Waals surface area (Å²) in [5, 5.41) is 13.4. The third-order valence-corrected chi connectivity index (χ3v) is 2.33. The number of hydrogen-bond acceptors (Lipinski definition) is 5. The van der Waals surface area contributed by atoms with Crippen LogP contribution in [-0.4, -0.2) is 40.9 Å². The van der Waals surface area contributed by atoms with Crippen molar-refractivity contribution < 1.29 is 9.72 Å². The van der Waals surface area contributed by atoms with Crippen LogP contribution in [0.4, 0.5) is 11.4 Å². The predicted octanol–water partition coefficient (Wildman–Crippen LogP) is 0.880. The first-order valence-corrected chi connectivity index (χ1v) is 5.12. The molecule has 0 spiro atoms. The maximum Gasteiger partial charge on any atom is 0.310 e. The molecule has 0 fully saturated rings. The Labute approximate surface area is 98.6 Å². The highest BCUT2D eigenvalue weighted by Crippen LogP contribution is 2.21. The Morgan fingerprint density at radius 2 is 2.35 bits per heavy atom. The molecule has 92 valence electrons. The van der Waals surface area contributed by atoms with Crippen LogP contribution >= 0.6 is 0 Å². The van der Waals surface area contributed by atoms with E-state index in [1.165, 1.54) is 17.2 Å². The van der Waals surface area contributed by atoms with Gasteiger partial charge in [-0.2, -0.15) is 0 Å². The Bertz CT molecular complexity index is 422. The number of carbonyl (C=O) groups excluding carboxylic acids is 1. The van der Waals surface area contributed by atoms with Gasteiger partial charge in [0.25, 0.3) is 0 Å². The summed E-state index contributed by atoms with van der Waals surface area (Å²) in [6.07, 6.45) is 2.58. The minimum absolute atomic E-state index is 0.0230. The number of rotatable bonds is 5. The van der Waals surface area contributed by atoms with E-state index in [2.05, 4.69) is 10.3 Å². The molecule has 17 heavy (non-hydrogen) atoms. The average molecular weight is 238 g/mol. The van der Waals surface area contributed by atoms with Crippen LogP contribution in [0.5, 0.6) is 0 Å². The zero-order valence-corrected chi connectivity index (χ0v) is 9.71. The molecule has 1 aromatic heterocycles. The van der Waals surface area contributed by atoms with Gasteiger partial charge in [0, 0.05) is 19.8 Å². The fraction of sp³-hybridized carbons (Fsp3) is 0.400. The van der Waals surface area contributed by atoms with Gasteiger partial charge in [-0.25, -0.2) is 0 Å². The first-order valence-electron chi connectivity index (χ1n) is 5.12. The lowest BCUT2D eigenvalue weighted by atomic mass is 10.3. The minimum atomic E-state index is -0.538. The molecule has 1 amide bonds. The van der Waals surface area contributed by atoms with Crippen molar-refractivity contribution in [2.24, 2.45) is 0 Å². The number of carbonyl (C=O) groups is 1. The first kappa shape index (κ1) is 12.9. The van der Waals surface area contributed by atoms with Crippen LogP contribution in [0.2, 0.25) is 0 Å². The molecule has 0 saturated heterocycles. The van der Waals surface area contributed by atoms with E-state index in [1.807, 2.05) is 6.92 Å². The standard InChI is InChI=1S/C10H14N4O3/c1-3-13(2)10(15)7-12-8-4-5-11-6-9(8)14(16)17/h4-6H,3,7H2,1-2H3,(H,11,12). The molecule has 0 bridgehead atoms. The molecule has 0 atom stereocenters. The summed E-state index contributed by atoms with van der Waals surface area (Å²) in [7, 11) is 1.67. The van der Waals surface area contributed by atoms with Gasteiger partial charge < -0.3 is 10.2 Å². The van der Waals surface area contributed by atoms with Crippen molar-refractivity contribution >= 4 is 17.3 Å². The van der Waals surface area contributed by atoms with Crippen LogP contribution in [0.15, 0.2) is 18.5 Å². The van der Waals surface area contributed by atoms with Crippen LogP contribution < -0.4 is 5.32 Å². The molecule has 1 heterocycles. The summed E-state index contributed by atoms with van der Waals surface area (Å²) in [6, 6.07) is 1.47. The van der Waals surface area contributed by atoms with E-state index in [1.54, 1.807) is 7.05 Å². The fourth-order valence-corrected chi connectivity index (χ4v) is 1.16. The average Bonchev–Trinajstić information content (AvgIpc) is 2.35. The molecule has 0 radical (unpaired) electrons. The molecule has 0 aliphatic carbocycles. The topological polar surface area (TPSA) is 88.4 Å². The lowest BCUT2D eigenvalue weighted by Gasteiger charge is -2.15. The molecule has 0 unspecified atom stereocenters. The van der Waals surface area contributed by atoms with E-state index in [9.17, 15) is 14.9 Å². The monoisotopic (exact) mass is 238 g/mol. The van der Waals surface area contributed by atoms with Crippen molar-refractivity contribution in [3.8, 4) is 0 Å². The molecule has 1 rings (SSSR count). The van der Waals surface area contributed by atoms with Crippen LogP contribution in [0.3, 0.4) is 0 Å². The van der Waals surface area contributed by atoms with Gasteiger partial charge >= 0.3 is 5.69 Å². The van der Waals surface area contributed by atoms with Crippen molar-refractivity contribution in [2.75, 3.05) is 25.5 Å². The van der Waals surface area contributed by atoms with Crippen molar-refractivity contribution in [3.05, 3.63) is 28.6 Å². The maximum absolute atomic E-state index is 11.5. The molecule has 1 N–H and O–H groups in total. The van der Waals surface area contributed by atoms with Crippen molar-refractivity contribution in [2.45, 2.75) is 6.92 Å². The smallest absolute Gasteiger partial charge is 0.310 e. The number of pyridine rings is 1. The number of amides is 1. The van der Waals surface area contributed by atoms with Crippen LogP contribution in [0.1, 0.15) is 6.92 Å². The van der Waals surface area contributed by atoms with Crippen molar-refractivity contribution in [1.82, 2.24) is 9.88 Å². The molecule has 1 aromatic rings. The summed E-state index contributed by atoms with van der Waals surface area (Å²) >= 11 is 0. The molecule has 0 aromatic carbocycles. The Morgan fingerprint density at radius 3 is 2.94 bits per heavy atom. The van der Waals surface area contributed by atoms with Crippen molar-refractivity contribution in [3.63, 3.8) is 0 Å². The zero-order chi connectivity index (χ0) is 12.8. The van der Waals surface area contributed by atoms with Crippen molar-refractivity contribution in [1.29, 1.82) is 0 Å². The predicted molar refractivity (Wildman–Crippen MR) is 62.7 cm³/mol. The van der Waals surface area contributed by atoms with E-state index in [0.717, 1.165) is 6.20 Å². The highest BCUT2D eigenvalue weighted by Gasteiger charge is 2.14. The first-order chi connectivity index (χ1) is 8.06. The van der Waals surface area contributed by atoms with Gasteiger partial charge in [-0.05, 0) is 13.0 Å². The van der Waals surface area contributed by atoms with Gasteiger partial charge in [0.05, 0.1) is 11.5 Å². The van der Waals surface area contributed by atoms with Crippen LogP contribution in [0.25, 0.3) is 0 Å². The second-order valence-electron chi connectivity index (χ2n) is 3.41. The Hall–Kier alpha value is -2.18. The van der Waals surface area contributed by atoms with Gasteiger partial charge in [-0.15, -0.1) is 0 Å².